The molecule has 0 saturated heterocycles. The summed E-state index contributed by atoms with van der Waals surface area (Å²) >= 11 is 0. The predicted molar refractivity (Wildman–Crippen MR) is 55.0 cm³/mol. The van der Waals surface area contributed by atoms with Crippen LogP contribution in [0.3, 0.4) is 0 Å². The molecule has 88 valence electrons. The van der Waals surface area contributed by atoms with Crippen LogP contribution < -0.4 is 21.3 Å². The molecule has 7 heteroatoms. The average molecular weight is 218 g/mol. The van der Waals surface area contributed by atoms with Gasteiger partial charge in [0.1, 0.15) is 6.23 Å². The molecule has 0 aromatic rings. The zero-order valence-electron chi connectivity index (χ0n) is 8.96. The molecular weight excluding hydrogens is 200 g/mol. The lowest BCUT2D eigenvalue weighted by atomic mass is 10.5. The van der Waals surface area contributed by atoms with E-state index in [1.807, 2.05) is 0 Å². The van der Waals surface area contributed by atoms with Crippen LogP contribution in [0, 0.1) is 0 Å². The SMILES string of the molecule is CNCC(=O)NCC(=O)NCC(O)NC. The lowest BCUT2D eigenvalue weighted by molar-refractivity contribution is -0.125. The number of amides is 2. The van der Waals surface area contributed by atoms with Crippen molar-refractivity contribution >= 4 is 11.8 Å². The van der Waals surface area contributed by atoms with Crippen molar-refractivity contribution in [3.63, 3.8) is 0 Å². The van der Waals surface area contributed by atoms with Crippen LogP contribution in [0.5, 0.6) is 0 Å². The summed E-state index contributed by atoms with van der Waals surface area (Å²) in [5.41, 5.74) is 0. The molecular formula is C8H18N4O3. The first-order chi connectivity index (χ1) is 7.10. The summed E-state index contributed by atoms with van der Waals surface area (Å²) in [4.78, 5) is 22.0. The Balaban J connectivity index is 3.53. The van der Waals surface area contributed by atoms with Crippen LogP contribution in [0.4, 0.5) is 0 Å². The van der Waals surface area contributed by atoms with Gasteiger partial charge in [0.25, 0.3) is 0 Å². The molecule has 2 amide bonds. The second kappa shape index (κ2) is 8.16. The summed E-state index contributed by atoms with van der Waals surface area (Å²) < 4.78 is 0. The molecule has 7 nitrogen and oxygen atoms in total. The fourth-order valence-electron chi connectivity index (χ4n) is 0.777. The van der Waals surface area contributed by atoms with E-state index in [1.165, 1.54) is 0 Å². The zero-order valence-corrected chi connectivity index (χ0v) is 8.96. The summed E-state index contributed by atoms with van der Waals surface area (Å²) in [5, 5.41) is 19.1. The Morgan fingerprint density at radius 1 is 1.13 bits per heavy atom. The van der Waals surface area contributed by atoms with E-state index in [1.54, 1.807) is 14.1 Å². The van der Waals surface area contributed by atoms with Crippen LogP contribution in [-0.2, 0) is 9.59 Å². The minimum atomic E-state index is -0.776. The second-order valence-electron chi connectivity index (χ2n) is 2.92. The molecule has 0 heterocycles. The molecule has 0 aliphatic rings. The molecule has 0 fully saturated rings. The summed E-state index contributed by atoms with van der Waals surface area (Å²) in [6.07, 6.45) is -0.776. The second-order valence-corrected chi connectivity index (χ2v) is 2.92. The Kier molecular flexibility index (Phi) is 7.51. The summed E-state index contributed by atoms with van der Waals surface area (Å²) in [6, 6.07) is 0. The van der Waals surface area contributed by atoms with Gasteiger partial charge < -0.3 is 21.1 Å². The Hall–Kier alpha value is -1.18. The molecule has 0 aliphatic heterocycles. The average Bonchev–Trinajstić information content (AvgIpc) is 2.23. The van der Waals surface area contributed by atoms with Gasteiger partial charge in [-0.3, -0.25) is 14.9 Å². The first-order valence-electron chi connectivity index (χ1n) is 4.63. The van der Waals surface area contributed by atoms with Crippen LogP contribution in [0.25, 0.3) is 0 Å². The Bertz CT molecular complexity index is 210. The quantitative estimate of drug-likeness (QED) is 0.293. The van der Waals surface area contributed by atoms with Gasteiger partial charge in [-0.1, -0.05) is 0 Å². The fourth-order valence-corrected chi connectivity index (χ4v) is 0.777. The fraction of sp³-hybridized carbons (Fsp3) is 0.750. The van der Waals surface area contributed by atoms with E-state index in [9.17, 15) is 9.59 Å². The number of carbonyl (C=O) groups excluding carboxylic acids is 2. The van der Waals surface area contributed by atoms with Gasteiger partial charge >= 0.3 is 0 Å². The first-order valence-corrected chi connectivity index (χ1v) is 4.63. The topological polar surface area (TPSA) is 102 Å². The molecule has 0 aromatic heterocycles. The van der Waals surface area contributed by atoms with Gasteiger partial charge in [0, 0.05) is 0 Å². The molecule has 0 rings (SSSR count). The van der Waals surface area contributed by atoms with E-state index in [0.29, 0.717) is 0 Å². The number of rotatable bonds is 7. The van der Waals surface area contributed by atoms with E-state index in [2.05, 4.69) is 21.3 Å². The number of aliphatic hydroxyl groups is 1. The summed E-state index contributed by atoms with van der Waals surface area (Å²) in [6.45, 7) is 0.195. The number of aliphatic hydroxyl groups excluding tert-OH is 1. The standard InChI is InChI=1S/C8H18N4O3/c1-9-3-7(14)12-5-8(15)11-4-6(13)10-2/h6,9-10,13H,3-5H2,1-2H3,(H,11,15)(H,12,14). The first kappa shape index (κ1) is 13.8. The number of likely N-dealkylation sites (N-methyl/N-ethyl adjacent to an activating group) is 2. The maximum Gasteiger partial charge on any atom is 0.239 e. The number of nitrogens with one attached hydrogen (secondary N) is 4. The highest BCUT2D eigenvalue weighted by molar-refractivity contribution is 5.85. The number of carbonyl (C=O) groups is 2. The van der Waals surface area contributed by atoms with Crippen LogP contribution in [0.1, 0.15) is 0 Å². The van der Waals surface area contributed by atoms with Crippen LogP contribution in [0.2, 0.25) is 0 Å². The third kappa shape index (κ3) is 7.86. The minimum Gasteiger partial charge on any atom is -0.377 e. The van der Waals surface area contributed by atoms with Gasteiger partial charge in [-0.25, -0.2) is 0 Å². The van der Waals surface area contributed by atoms with E-state index in [4.69, 9.17) is 5.11 Å². The highest BCUT2D eigenvalue weighted by atomic mass is 16.3. The van der Waals surface area contributed by atoms with E-state index in [-0.39, 0.29) is 31.4 Å². The lowest BCUT2D eigenvalue weighted by Gasteiger charge is -2.10. The van der Waals surface area contributed by atoms with Gasteiger partial charge in [-0.2, -0.15) is 0 Å². The van der Waals surface area contributed by atoms with Gasteiger partial charge in [0.15, 0.2) is 0 Å². The van der Waals surface area contributed by atoms with E-state index < -0.39 is 6.23 Å². The molecule has 0 aliphatic carbocycles. The van der Waals surface area contributed by atoms with Crippen LogP contribution in [0.15, 0.2) is 0 Å². The largest absolute Gasteiger partial charge is 0.377 e. The summed E-state index contributed by atoms with van der Waals surface area (Å²) in [5.74, 6) is -0.587. The molecule has 1 unspecified atom stereocenters. The van der Waals surface area contributed by atoms with Crippen molar-refractivity contribution in [2.45, 2.75) is 6.23 Å². The van der Waals surface area contributed by atoms with E-state index in [0.717, 1.165) is 0 Å². The highest BCUT2D eigenvalue weighted by Gasteiger charge is 2.06. The van der Waals surface area contributed by atoms with Crippen molar-refractivity contribution in [3.05, 3.63) is 0 Å². The Labute approximate surface area is 88.6 Å². The van der Waals surface area contributed by atoms with Crippen molar-refractivity contribution in [2.75, 3.05) is 33.7 Å². The number of hydrogen-bond donors (Lipinski definition) is 5. The minimum absolute atomic E-state index is 0.0864. The monoisotopic (exact) mass is 218 g/mol. The van der Waals surface area contributed by atoms with Crippen LogP contribution >= 0.6 is 0 Å². The van der Waals surface area contributed by atoms with Crippen molar-refractivity contribution in [1.29, 1.82) is 0 Å². The normalized spacial score (nSPS) is 11.9. The molecule has 0 bridgehead atoms. The zero-order chi connectivity index (χ0) is 11.7. The predicted octanol–water partition coefficient (Wildman–Crippen LogP) is -3.02. The molecule has 15 heavy (non-hydrogen) atoms. The molecule has 1 atom stereocenters. The van der Waals surface area contributed by atoms with Crippen molar-refractivity contribution in [1.82, 2.24) is 21.3 Å². The maximum atomic E-state index is 11.1. The third-order valence-electron chi connectivity index (χ3n) is 1.61. The molecule has 0 spiro atoms. The molecule has 5 N–H and O–H groups in total. The van der Waals surface area contributed by atoms with Crippen molar-refractivity contribution < 1.29 is 14.7 Å². The van der Waals surface area contributed by atoms with Gasteiger partial charge in [0.05, 0.1) is 19.6 Å². The molecule has 0 saturated carbocycles. The third-order valence-corrected chi connectivity index (χ3v) is 1.61. The molecule has 0 aromatic carbocycles. The van der Waals surface area contributed by atoms with Gasteiger partial charge in [-0.15, -0.1) is 0 Å². The van der Waals surface area contributed by atoms with Crippen molar-refractivity contribution in [3.8, 4) is 0 Å². The lowest BCUT2D eigenvalue weighted by Crippen LogP contribution is -2.44. The maximum absolute atomic E-state index is 11.1. The highest BCUT2D eigenvalue weighted by Crippen LogP contribution is 1.72. The number of hydrogen-bond acceptors (Lipinski definition) is 5. The Morgan fingerprint density at radius 2 is 1.73 bits per heavy atom. The smallest absolute Gasteiger partial charge is 0.239 e. The summed E-state index contributed by atoms with van der Waals surface area (Å²) in [7, 11) is 3.22. The van der Waals surface area contributed by atoms with Crippen LogP contribution in [-0.4, -0.2) is 56.9 Å². The van der Waals surface area contributed by atoms with Crippen molar-refractivity contribution in [2.24, 2.45) is 0 Å². The Morgan fingerprint density at radius 3 is 2.27 bits per heavy atom. The molecule has 0 radical (unpaired) electrons. The van der Waals surface area contributed by atoms with Gasteiger partial charge in [-0.05, 0) is 14.1 Å². The van der Waals surface area contributed by atoms with E-state index >= 15 is 0 Å². The van der Waals surface area contributed by atoms with Gasteiger partial charge in [0.2, 0.25) is 11.8 Å².